The molecule has 11 nitrogen and oxygen atoms in total. The van der Waals surface area contributed by atoms with Gasteiger partial charge in [-0.2, -0.15) is 0 Å². The van der Waals surface area contributed by atoms with Gasteiger partial charge in [0.2, 0.25) is 11.8 Å². The Morgan fingerprint density at radius 1 is 1.04 bits per heavy atom. The van der Waals surface area contributed by atoms with E-state index < -0.39 is 29.6 Å². The minimum atomic E-state index is -0.877. The number of hydrogen-bond donors (Lipinski definition) is 2. The third-order valence-electron chi connectivity index (χ3n) is 9.10. The highest BCUT2D eigenvalue weighted by Crippen LogP contribution is 2.36. The lowest BCUT2D eigenvalue weighted by Gasteiger charge is -2.33. The van der Waals surface area contributed by atoms with E-state index in [0.29, 0.717) is 37.4 Å². The average molecular weight is 664 g/mol. The SMILES string of the molecule is CC[C@@H](OC)Oc1cc(C[C@@H](C[C@H]2[C@H](C[C@H](C(=O)NCC(C)(C)C(N)=O)C(C)C)OCN2C(=O)OCC(C)C)C(C)C)ccc1OC. The second-order valence-electron chi connectivity index (χ2n) is 14.5. The van der Waals surface area contributed by atoms with Gasteiger partial charge in [0.05, 0.1) is 31.3 Å². The molecule has 1 heterocycles. The second kappa shape index (κ2) is 18.5. The minimum absolute atomic E-state index is 0.00412. The van der Waals surface area contributed by atoms with Crippen molar-refractivity contribution in [1.82, 2.24) is 10.2 Å². The van der Waals surface area contributed by atoms with Gasteiger partial charge in [0.25, 0.3) is 0 Å². The van der Waals surface area contributed by atoms with Gasteiger partial charge in [-0.25, -0.2) is 4.79 Å². The fraction of sp³-hybridized carbons (Fsp3) is 0.750. The number of rotatable bonds is 19. The standard InChI is InChI=1S/C36H61N3O8/c1-12-32(44-11)47-31-16-25(13-14-29(31)43-10)15-26(23(4)5)17-28-30(46-21-39(28)35(42)45-19-22(2)3)18-27(24(6)7)33(40)38-20-36(8,9)34(37)41/h13-14,16,22-24,26-28,30,32H,12,15,17-21H2,1-11H3,(H2,37,41)(H,38,40)/t26-,27-,28-,30-,32-/m0/s1. The highest BCUT2D eigenvalue weighted by Gasteiger charge is 2.43. The highest BCUT2D eigenvalue weighted by molar-refractivity contribution is 5.83. The van der Waals surface area contributed by atoms with Crippen molar-refractivity contribution in [3.63, 3.8) is 0 Å². The van der Waals surface area contributed by atoms with E-state index in [4.69, 9.17) is 29.4 Å². The molecule has 3 N–H and O–H groups in total. The molecule has 1 aromatic carbocycles. The summed E-state index contributed by atoms with van der Waals surface area (Å²) in [6.07, 6.45) is 1.30. The quantitative estimate of drug-likeness (QED) is 0.178. The molecule has 0 unspecified atom stereocenters. The van der Waals surface area contributed by atoms with E-state index in [9.17, 15) is 14.4 Å². The second-order valence-corrected chi connectivity index (χ2v) is 14.5. The van der Waals surface area contributed by atoms with Crippen LogP contribution in [-0.2, 0) is 30.2 Å². The Kier molecular flexibility index (Phi) is 15.8. The molecule has 5 atom stereocenters. The number of carbonyl (C=O) groups excluding carboxylic acids is 3. The third kappa shape index (κ3) is 11.9. The molecule has 268 valence electrons. The molecular formula is C36H61N3O8. The predicted octanol–water partition coefficient (Wildman–Crippen LogP) is 5.77. The number of nitrogens with one attached hydrogen (secondary N) is 1. The summed E-state index contributed by atoms with van der Waals surface area (Å²) in [7, 11) is 3.23. The Bertz CT molecular complexity index is 1150. The molecule has 0 aromatic heterocycles. The van der Waals surface area contributed by atoms with Crippen LogP contribution in [0, 0.1) is 35.0 Å². The number of carbonyl (C=O) groups is 3. The molecule has 0 saturated carbocycles. The van der Waals surface area contributed by atoms with Crippen LogP contribution in [0.4, 0.5) is 4.79 Å². The molecular weight excluding hydrogens is 602 g/mol. The lowest BCUT2D eigenvalue weighted by Crippen LogP contribution is -2.47. The van der Waals surface area contributed by atoms with Crippen LogP contribution in [0.2, 0.25) is 0 Å². The van der Waals surface area contributed by atoms with Gasteiger partial charge in [-0.3, -0.25) is 14.5 Å². The van der Waals surface area contributed by atoms with Gasteiger partial charge < -0.3 is 34.7 Å². The molecule has 1 aliphatic rings. The van der Waals surface area contributed by atoms with Crippen LogP contribution >= 0.6 is 0 Å². The number of ether oxygens (including phenoxy) is 5. The van der Waals surface area contributed by atoms with Crippen molar-refractivity contribution in [2.45, 2.75) is 106 Å². The molecule has 1 aliphatic heterocycles. The maximum atomic E-state index is 13.5. The number of methoxy groups -OCH3 is 2. The molecule has 0 spiro atoms. The van der Waals surface area contributed by atoms with E-state index in [1.807, 2.05) is 52.8 Å². The number of amides is 3. The fourth-order valence-corrected chi connectivity index (χ4v) is 5.64. The predicted molar refractivity (Wildman–Crippen MR) is 182 cm³/mol. The van der Waals surface area contributed by atoms with Crippen LogP contribution in [0.5, 0.6) is 11.5 Å². The summed E-state index contributed by atoms with van der Waals surface area (Å²) in [5.74, 6) is 0.836. The first-order chi connectivity index (χ1) is 22.0. The van der Waals surface area contributed by atoms with Gasteiger partial charge in [0.1, 0.15) is 6.73 Å². The monoisotopic (exact) mass is 663 g/mol. The molecule has 1 saturated heterocycles. The summed E-state index contributed by atoms with van der Waals surface area (Å²) in [4.78, 5) is 40.4. The van der Waals surface area contributed by atoms with Crippen molar-refractivity contribution in [2.24, 2.45) is 40.7 Å². The number of hydrogen-bond acceptors (Lipinski definition) is 8. The Hall–Kier alpha value is -3.05. The molecule has 1 aromatic rings. The zero-order valence-electron chi connectivity index (χ0n) is 30.6. The van der Waals surface area contributed by atoms with Crippen LogP contribution in [0.3, 0.4) is 0 Å². The van der Waals surface area contributed by atoms with Crippen molar-refractivity contribution < 1.29 is 38.1 Å². The highest BCUT2D eigenvalue weighted by atomic mass is 16.7. The van der Waals surface area contributed by atoms with Gasteiger partial charge in [-0.1, -0.05) is 54.5 Å². The lowest BCUT2D eigenvalue weighted by atomic mass is 9.80. The topological polar surface area (TPSA) is 139 Å². The van der Waals surface area contributed by atoms with E-state index >= 15 is 0 Å². The summed E-state index contributed by atoms with van der Waals surface area (Å²) < 4.78 is 29.1. The first-order valence-corrected chi connectivity index (χ1v) is 17.0. The first kappa shape index (κ1) is 40.1. The smallest absolute Gasteiger partial charge is 0.411 e. The van der Waals surface area contributed by atoms with Crippen molar-refractivity contribution in [1.29, 1.82) is 0 Å². The zero-order valence-corrected chi connectivity index (χ0v) is 30.6. The first-order valence-electron chi connectivity index (χ1n) is 17.0. The fourth-order valence-electron chi connectivity index (χ4n) is 5.64. The largest absolute Gasteiger partial charge is 0.493 e. The maximum Gasteiger partial charge on any atom is 0.411 e. The Labute approximate surface area is 282 Å². The number of nitrogens with zero attached hydrogens (tertiary/aromatic N) is 1. The van der Waals surface area contributed by atoms with Gasteiger partial charge in [0, 0.05) is 26.0 Å². The summed E-state index contributed by atoms with van der Waals surface area (Å²) in [5.41, 5.74) is 5.73. The zero-order chi connectivity index (χ0) is 35.5. The Balaban J connectivity index is 2.37. The number of nitrogens with two attached hydrogens (primary N) is 1. The molecule has 3 amide bonds. The van der Waals surface area contributed by atoms with Crippen molar-refractivity contribution in [3.8, 4) is 11.5 Å². The van der Waals surface area contributed by atoms with Gasteiger partial charge in [-0.15, -0.1) is 0 Å². The Morgan fingerprint density at radius 3 is 2.26 bits per heavy atom. The molecule has 2 rings (SSSR count). The van der Waals surface area contributed by atoms with Gasteiger partial charge >= 0.3 is 6.09 Å². The summed E-state index contributed by atoms with van der Waals surface area (Å²) >= 11 is 0. The van der Waals surface area contributed by atoms with Gasteiger partial charge in [0.15, 0.2) is 17.8 Å². The van der Waals surface area contributed by atoms with Crippen LogP contribution in [0.25, 0.3) is 0 Å². The number of benzene rings is 1. The van der Waals surface area contributed by atoms with Gasteiger partial charge in [-0.05, 0) is 74.5 Å². The summed E-state index contributed by atoms with van der Waals surface area (Å²) in [5, 5.41) is 2.94. The van der Waals surface area contributed by atoms with Crippen LogP contribution < -0.4 is 20.5 Å². The average Bonchev–Trinajstić information content (AvgIpc) is 3.41. The summed E-state index contributed by atoms with van der Waals surface area (Å²) in [6, 6.07) is 5.65. The molecule has 1 fully saturated rings. The lowest BCUT2D eigenvalue weighted by molar-refractivity contribution is -0.130. The molecule has 0 bridgehead atoms. The van der Waals surface area contributed by atoms with Crippen molar-refractivity contribution in [2.75, 3.05) is 34.1 Å². The van der Waals surface area contributed by atoms with E-state index in [-0.39, 0.29) is 55.0 Å². The third-order valence-corrected chi connectivity index (χ3v) is 9.10. The van der Waals surface area contributed by atoms with E-state index in [1.165, 1.54) is 0 Å². The molecule has 0 aliphatic carbocycles. The molecule has 47 heavy (non-hydrogen) atoms. The normalized spacial score (nSPS) is 18.7. The van der Waals surface area contributed by atoms with Crippen LogP contribution in [-0.4, -0.2) is 75.3 Å². The van der Waals surface area contributed by atoms with Crippen molar-refractivity contribution in [3.05, 3.63) is 23.8 Å². The number of primary amides is 1. The summed E-state index contributed by atoms with van der Waals surface area (Å²) in [6.45, 7) is 18.3. The van der Waals surface area contributed by atoms with E-state index in [1.54, 1.807) is 33.0 Å². The Morgan fingerprint density at radius 2 is 1.72 bits per heavy atom. The minimum Gasteiger partial charge on any atom is -0.493 e. The van der Waals surface area contributed by atoms with Crippen molar-refractivity contribution >= 4 is 17.9 Å². The molecule has 11 heteroatoms. The maximum absolute atomic E-state index is 13.5. The van der Waals surface area contributed by atoms with E-state index in [0.717, 1.165) is 12.0 Å². The van der Waals surface area contributed by atoms with E-state index in [2.05, 4.69) is 19.2 Å². The molecule has 0 radical (unpaired) electrons. The van der Waals surface area contributed by atoms with Crippen LogP contribution in [0.15, 0.2) is 18.2 Å². The van der Waals surface area contributed by atoms with Crippen LogP contribution in [0.1, 0.15) is 87.1 Å².